The quantitative estimate of drug-likeness (QED) is 0.181. The predicted octanol–water partition coefficient (Wildman–Crippen LogP) is 10.6. The van der Waals surface area contributed by atoms with E-state index in [0.29, 0.717) is 0 Å². The number of rotatable bonds is 7. The van der Waals surface area contributed by atoms with E-state index in [1.807, 2.05) is 25.2 Å². The molecular weight excluding hydrogens is 558 g/mol. The topological polar surface area (TPSA) is 57.0 Å². The number of aromatic nitrogens is 1. The Balaban J connectivity index is 1.60. The van der Waals surface area contributed by atoms with Gasteiger partial charge in [-0.05, 0) is 87.7 Å². The fraction of sp³-hybridized carbons (Fsp3) is 0.0233. The molecule has 0 atom stereocenters. The average molecular weight is 594 g/mol. The first-order valence-corrected chi connectivity index (χ1v) is 15.5. The molecule has 0 fully saturated rings. The summed E-state index contributed by atoms with van der Waals surface area (Å²) in [6.07, 6.45) is 9.32. The number of nitrogens with zero attached hydrogens (tertiary/aromatic N) is 1. The number of fused-ring (bicyclic) bond motifs is 5. The molecule has 1 aromatic heterocycles. The smallest absolute Gasteiger partial charge is 0.0619 e. The number of nitrogens with two attached hydrogens (primary N) is 2. The van der Waals surface area contributed by atoms with Crippen molar-refractivity contribution in [2.24, 2.45) is 11.5 Å². The van der Waals surface area contributed by atoms with Crippen LogP contribution in [0.15, 0.2) is 164 Å². The summed E-state index contributed by atoms with van der Waals surface area (Å²) in [4.78, 5) is 0. The second-order valence-corrected chi connectivity index (χ2v) is 11.4. The molecule has 7 aromatic rings. The number of benzene rings is 6. The van der Waals surface area contributed by atoms with E-state index in [1.165, 1.54) is 21.9 Å². The Morgan fingerprint density at radius 1 is 0.652 bits per heavy atom. The van der Waals surface area contributed by atoms with Crippen molar-refractivity contribution in [2.45, 2.75) is 6.92 Å². The summed E-state index contributed by atoms with van der Waals surface area (Å²) in [7, 11) is 0. The molecule has 0 bridgehead atoms. The van der Waals surface area contributed by atoms with Crippen molar-refractivity contribution in [3.05, 3.63) is 176 Å². The molecule has 6 aromatic carbocycles. The van der Waals surface area contributed by atoms with Crippen LogP contribution in [0.3, 0.4) is 0 Å². The zero-order valence-electron chi connectivity index (χ0n) is 25.8. The van der Waals surface area contributed by atoms with Gasteiger partial charge < -0.3 is 16.0 Å². The lowest BCUT2D eigenvalue weighted by Crippen LogP contribution is -1.98. The highest BCUT2D eigenvalue weighted by atomic mass is 15.0. The molecule has 46 heavy (non-hydrogen) atoms. The van der Waals surface area contributed by atoms with Gasteiger partial charge >= 0.3 is 0 Å². The Kier molecular flexibility index (Phi) is 7.58. The van der Waals surface area contributed by atoms with Crippen LogP contribution in [-0.2, 0) is 0 Å². The lowest BCUT2D eigenvalue weighted by Gasteiger charge is -2.15. The van der Waals surface area contributed by atoms with Crippen molar-refractivity contribution >= 4 is 43.8 Å². The van der Waals surface area contributed by atoms with Gasteiger partial charge in [-0.25, -0.2) is 0 Å². The Morgan fingerprint density at radius 2 is 1.28 bits per heavy atom. The molecule has 0 amide bonds. The van der Waals surface area contributed by atoms with E-state index in [-0.39, 0.29) is 0 Å². The third-order valence-corrected chi connectivity index (χ3v) is 8.67. The maximum absolute atomic E-state index is 6.46. The maximum Gasteiger partial charge on any atom is 0.0619 e. The molecule has 0 saturated heterocycles. The third-order valence-electron chi connectivity index (χ3n) is 8.67. The highest BCUT2D eigenvalue weighted by Gasteiger charge is 2.18. The van der Waals surface area contributed by atoms with Crippen LogP contribution in [0.1, 0.15) is 18.1 Å². The van der Waals surface area contributed by atoms with Gasteiger partial charge in [0, 0.05) is 33.7 Å². The van der Waals surface area contributed by atoms with Crippen LogP contribution in [0.2, 0.25) is 0 Å². The van der Waals surface area contributed by atoms with Crippen molar-refractivity contribution in [2.75, 3.05) is 0 Å². The van der Waals surface area contributed by atoms with E-state index in [1.54, 1.807) is 12.3 Å². The molecule has 0 aliphatic rings. The zero-order valence-corrected chi connectivity index (χ0v) is 25.8. The Morgan fingerprint density at radius 3 is 1.91 bits per heavy atom. The molecule has 222 valence electrons. The zero-order chi connectivity index (χ0) is 31.6. The highest BCUT2D eigenvalue weighted by Crippen LogP contribution is 2.40. The first-order chi connectivity index (χ1) is 22.6. The van der Waals surface area contributed by atoms with Gasteiger partial charge in [-0.1, -0.05) is 122 Å². The van der Waals surface area contributed by atoms with Gasteiger partial charge in [-0.15, -0.1) is 0 Å². The summed E-state index contributed by atoms with van der Waals surface area (Å²) < 4.78 is 2.41. The van der Waals surface area contributed by atoms with Crippen molar-refractivity contribution in [1.82, 2.24) is 4.57 Å². The van der Waals surface area contributed by atoms with Gasteiger partial charge in [-0.3, -0.25) is 0 Å². The summed E-state index contributed by atoms with van der Waals surface area (Å²) in [5.74, 6) is 0. The summed E-state index contributed by atoms with van der Waals surface area (Å²) in [5, 5.41) is 4.64. The second-order valence-electron chi connectivity index (χ2n) is 11.4. The monoisotopic (exact) mass is 593 g/mol. The van der Waals surface area contributed by atoms with E-state index >= 15 is 0 Å². The van der Waals surface area contributed by atoms with Crippen LogP contribution in [0.4, 0.5) is 0 Å². The standard InChI is InChI=1S/C43H35N3/c1-3-5-16-41(45)34-19-20-38-33(23-34)18-22-40-39-21-17-32(29(4-2)28-44)27-42(39)46(43(38)40)37-25-35(30-12-8-6-9-13-30)24-36(26-37)31-14-10-7-11-15-31/h3-28H,2,44-45H2,1H3/b5-3-,29-28+,41-16-. The van der Waals surface area contributed by atoms with Gasteiger partial charge in [0.1, 0.15) is 0 Å². The second kappa shape index (κ2) is 12.1. The van der Waals surface area contributed by atoms with E-state index < -0.39 is 0 Å². The Bertz CT molecular complexity index is 2280. The third kappa shape index (κ3) is 5.08. The van der Waals surface area contributed by atoms with Crippen LogP contribution in [-0.4, -0.2) is 4.57 Å². The van der Waals surface area contributed by atoms with Crippen molar-refractivity contribution in [1.29, 1.82) is 0 Å². The van der Waals surface area contributed by atoms with Gasteiger partial charge in [0.15, 0.2) is 0 Å². The molecule has 3 nitrogen and oxygen atoms in total. The van der Waals surface area contributed by atoms with Gasteiger partial charge in [-0.2, -0.15) is 0 Å². The van der Waals surface area contributed by atoms with Crippen molar-refractivity contribution < 1.29 is 0 Å². The van der Waals surface area contributed by atoms with Crippen molar-refractivity contribution in [3.8, 4) is 27.9 Å². The highest BCUT2D eigenvalue weighted by molar-refractivity contribution is 6.19. The van der Waals surface area contributed by atoms with E-state index in [0.717, 1.165) is 61.0 Å². The number of hydrogen-bond donors (Lipinski definition) is 2. The molecule has 0 radical (unpaired) electrons. The maximum atomic E-state index is 6.46. The molecule has 1 heterocycles. The van der Waals surface area contributed by atoms with E-state index in [2.05, 4.69) is 139 Å². The molecule has 0 saturated carbocycles. The van der Waals surface area contributed by atoms with Gasteiger partial charge in [0.25, 0.3) is 0 Å². The fourth-order valence-corrected chi connectivity index (χ4v) is 6.38. The normalized spacial score (nSPS) is 12.5. The Hall–Kier alpha value is -6.06. The first kappa shape index (κ1) is 28.7. The molecule has 0 spiro atoms. The van der Waals surface area contributed by atoms with E-state index in [9.17, 15) is 0 Å². The fourth-order valence-electron chi connectivity index (χ4n) is 6.38. The minimum absolute atomic E-state index is 0.735. The molecular formula is C43H35N3. The minimum Gasteiger partial charge on any atom is -0.404 e. The molecule has 0 unspecified atom stereocenters. The van der Waals surface area contributed by atoms with Crippen LogP contribution >= 0.6 is 0 Å². The summed E-state index contributed by atoms with van der Waals surface area (Å²) in [5.41, 5.74) is 24.1. The van der Waals surface area contributed by atoms with E-state index in [4.69, 9.17) is 11.5 Å². The SMILES string of the molecule is C=C/C(=C\N)c1ccc2c3ccc4cc(/C(N)=C/C=C\C)ccc4c3n(-c3cc(-c4ccccc4)cc(-c4ccccc4)c3)c2c1. The van der Waals surface area contributed by atoms with Crippen LogP contribution in [0, 0.1) is 0 Å². The number of hydrogen-bond acceptors (Lipinski definition) is 2. The molecule has 7 rings (SSSR count). The minimum atomic E-state index is 0.735. The molecule has 0 aliphatic heterocycles. The average Bonchev–Trinajstić information content (AvgIpc) is 3.45. The summed E-state index contributed by atoms with van der Waals surface area (Å²) >= 11 is 0. The Labute approximate surface area is 269 Å². The van der Waals surface area contributed by atoms with Gasteiger partial charge in [0.2, 0.25) is 0 Å². The van der Waals surface area contributed by atoms with Crippen LogP contribution in [0.5, 0.6) is 0 Å². The molecule has 0 aliphatic carbocycles. The first-order valence-electron chi connectivity index (χ1n) is 15.5. The van der Waals surface area contributed by atoms with Crippen LogP contribution in [0.25, 0.3) is 71.8 Å². The largest absolute Gasteiger partial charge is 0.404 e. The summed E-state index contributed by atoms with van der Waals surface area (Å²) in [6.45, 7) is 6.00. The summed E-state index contributed by atoms with van der Waals surface area (Å²) in [6, 6.07) is 45.5. The van der Waals surface area contributed by atoms with Crippen LogP contribution < -0.4 is 11.5 Å². The lowest BCUT2D eigenvalue weighted by atomic mass is 9.97. The molecule has 4 N–H and O–H groups in total. The number of allylic oxidation sites excluding steroid dienone is 5. The predicted molar refractivity (Wildman–Crippen MR) is 198 cm³/mol. The molecule has 3 heteroatoms. The van der Waals surface area contributed by atoms with Gasteiger partial charge in [0.05, 0.1) is 11.0 Å². The van der Waals surface area contributed by atoms with Crippen molar-refractivity contribution in [3.63, 3.8) is 0 Å². The lowest BCUT2D eigenvalue weighted by molar-refractivity contribution is 1.19.